The van der Waals surface area contributed by atoms with E-state index in [1.165, 1.54) is 14.2 Å². The summed E-state index contributed by atoms with van der Waals surface area (Å²) in [5, 5.41) is -0.470. The molecule has 0 amide bonds. The Labute approximate surface area is 82.0 Å². The molecule has 1 aliphatic carbocycles. The topological polar surface area (TPSA) is 35.5 Å². The summed E-state index contributed by atoms with van der Waals surface area (Å²) < 4.78 is 10.3. The third-order valence-electron chi connectivity index (χ3n) is 2.03. The molecular formula is C9H11ClO3. The number of methoxy groups -OCH3 is 2. The van der Waals surface area contributed by atoms with Crippen LogP contribution in [0, 0.1) is 0 Å². The zero-order valence-electron chi connectivity index (χ0n) is 7.54. The largest absolute Gasteiger partial charge is 0.349 e. The van der Waals surface area contributed by atoms with Crippen LogP contribution in [0.2, 0.25) is 0 Å². The van der Waals surface area contributed by atoms with E-state index < -0.39 is 11.0 Å². The molecule has 13 heavy (non-hydrogen) atoms. The minimum atomic E-state index is -0.839. The van der Waals surface area contributed by atoms with Gasteiger partial charge in [-0.25, -0.2) is 0 Å². The first-order chi connectivity index (χ1) is 6.13. The van der Waals surface area contributed by atoms with E-state index in [-0.39, 0.29) is 0 Å². The van der Waals surface area contributed by atoms with E-state index in [1.807, 2.05) is 0 Å². The second-order valence-corrected chi connectivity index (χ2v) is 3.06. The summed E-state index contributed by atoms with van der Waals surface area (Å²) in [6.07, 6.45) is 5.45. The van der Waals surface area contributed by atoms with Gasteiger partial charge in [-0.2, -0.15) is 0 Å². The van der Waals surface area contributed by atoms with Crippen molar-refractivity contribution in [1.82, 2.24) is 0 Å². The number of hydrogen-bond donors (Lipinski definition) is 0. The Morgan fingerprint density at radius 3 is 2.62 bits per heavy atom. The lowest BCUT2D eigenvalue weighted by Crippen LogP contribution is -2.33. The number of halogens is 1. The highest BCUT2D eigenvalue weighted by Crippen LogP contribution is 2.27. The van der Waals surface area contributed by atoms with Gasteiger partial charge in [-0.1, -0.05) is 12.2 Å². The number of hydrogen-bond acceptors (Lipinski definition) is 3. The van der Waals surface area contributed by atoms with Crippen LogP contribution in [0.3, 0.4) is 0 Å². The van der Waals surface area contributed by atoms with Gasteiger partial charge in [-0.05, 0) is 17.7 Å². The SMILES string of the molecule is COC1(OC)C=CC=C(C(=O)Cl)C1. The molecule has 4 heteroatoms. The predicted molar refractivity (Wildman–Crippen MR) is 49.4 cm³/mol. The van der Waals surface area contributed by atoms with Crippen molar-refractivity contribution in [3.05, 3.63) is 23.8 Å². The first kappa shape index (κ1) is 10.4. The number of rotatable bonds is 3. The number of carbonyl (C=O) groups excluding carboxylic acids is 1. The van der Waals surface area contributed by atoms with Crippen LogP contribution < -0.4 is 0 Å². The number of carbonyl (C=O) groups is 1. The molecule has 0 heterocycles. The fourth-order valence-electron chi connectivity index (χ4n) is 1.19. The third-order valence-corrected chi connectivity index (χ3v) is 2.27. The van der Waals surface area contributed by atoms with Gasteiger partial charge in [0, 0.05) is 26.2 Å². The van der Waals surface area contributed by atoms with Crippen LogP contribution in [0.15, 0.2) is 23.8 Å². The molecule has 0 aliphatic heterocycles. The summed E-state index contributed by atoms with van der Waals surface area (Å²) in [6.45, 7) is 0. The molecule has 3 nitrogen and oxygen atoms in total. The molecule has 0 N–H and O–H groups in total. The Balaban J connectivity index is 2.84. The van der Waals surface area contributed by atoms with Gasteiger partial charge in [-0.15, -0.1) is 0 Å². The average molecular weight is 203 g/mol. The second-order valence-electron chi connectivity index (χ2n) is 2.72. The molecule has 0 spiro atoms. The molecule has 72 valence electrons. The quantitative estimate of drug-likeness (QED) is 0.516. The third kappa shape index (κ3) is 2.18. The monoisotopic (exact) mass is 202 g/mol. The van der Waals surface area contributed by atoms with Gasteiger partial charge >= 0.3 is 0 Å². The van der Waals surface area contributed by atoms with E-state index in [4.69, 9.17) is 21.1 Å². The fourth-order valence-corrected chi connectivity index (χ4v) is 1.32. The lowest BCUT2D eigenvalue weighted by atomic mass is 10.0. The molecule has 0 aromatic rings. The summed E-state index contributed by atoms with van der Waals surface area (Å²) in [5.74, 6) is -0.839. The maximum atomic E-state index is 10.9. The highest BCUT2D eigenvalue weighted by atomic mass is 35.5. The maximum absolute atomic E-state index is 10.9. The average Bonchev–Trinajstić information content (AvgIpc) is 2.18. The Morgan fingerprint density at radius 1 is 1.54 bits per heavy atom. The van der Waals surface area contributed by atoms with Crippen molar-refractivity contribution >= 4 is 16.8 Å². The molecule has 0 aromatic heterocycles. The molecule has 0 fully saturated rings. The van der Waals surface area contributed by atoms with E-state index in [9.17, 15) is 4.79 Å². The van der Waals surface area contributed by atoms with Gasteiger partial charge < -0.3 is 9.47 Å². The molecule has 0 bridgehead atoms. The van der Waals surface area contributed by atoms with Crippen molar-refractivity contribution in [2.24, 2.45) is 0 Å². The van der Waals surface area contributed by atoms with E-state index >= 15 is 0 Å². The Morgan fingerprint density at radius 2 is 2.15 bits per heavy atom. The van der Waals surface area contributed by atoms with E-state index in [1.54, 1.807) is 18.2 Å². The second kappa shape index (κ2) is 4.05. The summed E-state index contributed by atoms with van der Waals surface area (Å²) >= 11 is 5.35. The van der Waals surface area contributed by atoms with E-state index in [0.29, 0.717) is 12.0 Å². The molecule has 1 rings (SSSR count). The van der Waals surface area contributed by atoms with Gasteiger partial charge in [0.25, 0.3) is 0 Å². The molecule has 0 atom stereocenters. The molecular weight excluding hydrogens is 192 g/mol. The van der Waals surface area contributed by atoms with Crippen molar-refractivity contribution in [3.8, 4) is 0 Å². The molecule has 0 saturated carbocycles. The summed E-state index contributed by atoms with van der Waals surface area (Å²) in [7, 11) is 3.05. The van der Waals surface area contributed by atoms with Gasteiger partial charge in [0.15, 0.2) is 5.79 Å². The molecule has 0 radical (unpaired) electrons. The van der Waals surface area contributed by atoms with E-state index in [0.717, 1.165) is 0 Å². The molecule has 0 unspecified atom stereocenters. The van der Waals surface area contributed by atoms with Crippen LogP contribution in [0.4, 0.5) is 0 Å². The Kier molecular flexibility index (Phi) is 3.25. The van der Waals surface area contributed by atoms with Crippen molar-refractivity contribution in [2.75, 3.05) is 14.2 Å². The summed E-state index contributed by atoms with van der Waals surface area (Å²) in [5.41, 5.74) is 0.493. The van der Waals surface area contributed by atoms with Crippen LogP contribution in [0.25, 0.3) is 0 Å². The lowest BCUT2D eigenvalue weighted by molar-refractivity contribution is -0.170. The minimum absolute atomic E-state index is 0.346. The van der Waals surface area contributed by atoms with Crippen molar-refractivity contribution < 1.29 is 14.3 Å². The molecule has 0 saturated heterocycles. The predicted octanol–water partition coefficient (Wildman–Crippen LogP) is 1.63. The highest BCUT2D eigenvalue weighted by Gasteiger charge is 2.31. The normalized spacial score (nSPS) is 19.8. The maximum Gasteiger partial charge on any atom is 0.248 e. The molecule has 0 aromatic carbocycles. The smallest absolute Gasteiger partial charge is 0.248 e. The fraction of sp³-hybridized carbons (Fsp3) is 0.444. The Hall–Kier alpha value is -0.640. The van der Waals surface area contributed by atoms with Crippen LogP contribution in [0.5, 0.6) is 0 Å². The first-order valence-corrected chi connectivity index (χ1v) is 4.20. The minimum Gasteiger partial charge on any atom is -0.349 e. The summed E-state index contributed by atoms with van der Waals surface area (Å²) in [6, 6.07) is 0. The van der Waals surface area contributed by atoms with Gasteiger partial charge in [0.1, 0.15) is 0 Å². The zero-order chi connectivity index (χ0) is 9.90. The zero-order valence-corrected chi connectivity index (χ0v) is 8.30. The van der Waals surface area contributed by atoms with Crippen molar-refractivity contribution in [2.45, 2.75) is 12.2 Å². The number of allylic oxidation sites excluding steroid dienone is 2. The number of ether oxygens (including phenoxy) is 2. The van der Waals surface area contributed by atoms with Gasteiger partial charge in [-0.3, -0.25) is 4.79 Å². The highest BCUT2D eigenvalue weighted by molar-refractivity contribution is 6.67. The van der Waals surface area contributed by atoms with Crippen LogP contribution in [-0.4, -0.2) is 25.2 Å². The molecule has 1 aliphatic rings. The van der Waals surface area contributed by atoms with E-state index in [2.05, 4.69) is 0 Å². The van der Waals surface area contributed by atoms with Crippen LogP contribution in [-0.2, 0) is 14.3 Å². The van der Waals surface area contributed by atoms with Crippen LogP contribution in [0.1, 0.15) is 6.42 Å². The van der Waals surface area contributed by atoms with Crippen molar-refractivity contribution in [1.29, 1.82) is 0 Å². The van der Waals surface area contributed by atoms with Gasteiger partial charge in [0.05, 0.1) is 0 Å². The summed E-state index contributed by atoms with van der Waals surface area (Å²) in [4.78, 5) is 10.9. The first-order valence-electron chi connectivity index (χ1n) is 3.82. The Bertz CT molecular complexity index is 264. The van der Waals surface area contributed by atoms with Crippen LogP contribution >= 0.6 is 11.6 Å². The standard InChI is InChI=1S/C9H11ClO3/c1-12-9(13-2)5-3-4-7(6-9)8(10)11/h3-5H,6H2,1-2H3. The lowest BCUT2D eigenvalue weighted by Gasteiger charge is -2.29. The van der Waals surface area contributed by atoms with Gasteiger partial charge in [0.2, 0.25) is 5.24 Å². The van der Waals surface area contributed by atoms with Crippen molar-refractivity contribution in [3.63, 3.8) is 0 Å².